The van der Waals surface area contributed by atoms with Crippen LogP contribution in [0.4, 0.5) is 0 Å². The van der Waals surface area contributed by atoms with Gasteiger partial charge >= 0.3 is 0 Å². The highest BCUT2D eigenvalue weighted by Gasteiger charge is 2.24. The average molecular weight is 214 g/mol. The van der Waals surface area contributed by atoms with E-state index >= 15 is 0 Å². The van der Waals surface area contributed by atoms with Gasteiger partial charge in [-0.1, -0.05) is 6.92 Å². The van der Waals surface area contributed by atoms with Crippen molar-refractivity contribution in [1.29, 1.82) is 0 Å². The quantitative estimate of drug-likeness (QED) is 0.694. The number of rotatable bonds is 5. The van der Waals surface area contributed by atoms with Crippen LogP contribution in [0.25, 0.3) is 0 Å². The number of carbonyl (C=O) groups excluding carboxylic acids is 1. The van der Waals surface area contributed by atoms with Crippen molar-refractivity contribution in [1.82, 2.24) is 10.2 Å². The monoisotopic (exact) mass is 214 g/mol. The number of likely N-dealkylation sites (tertiary alicyclic amines) is 1. The molecular weight excluding hydrogens is 192 g/mol. The van der Waals surface area contributed by atoms with Crippen molar-refractivity contribution < 1.29 is 9.90 Å². The zero-order valence-electron chi connectivity index (χ0n) is 9.70. The lowest BCUT2D eigenvalue weighted by Crippen LogP contribution is -2.44. The maximum absolute atomic E-state index is 11.7. The molecule has 2 N–H and O–H groups in total. The highest BCUT2D eigenvalue weighted by atomic mass is 16.3. The largest absolute Gasteiger partial charge is 0.382 e. The van der Waals surface area contributed by atoms with Crippen molar-refractivity contribution in [3.05, 3.63) is 0 Å². The van der Waals surface area contributed by atoms with Crippen molar-refractivity contribution >= 4 is 5.91 Å². The van der Waals surface area contributed by atoms with Crippen molar-refractivity contribution in [2.24, 2.45) is 0 Å². The maximum atomic E-state index is 11.7. The van der Waals surface area contributed by atoms with Gasteiger partial charge in [-0.2, -0.15) is 0 Å². The molecule has 0 spiro atoms. The van der Waals surface area contributed by atoms with Crippen LogP contribution in [0.3, 0.4) is 0 Å². The lowest BCUT2D eigenvalue weighted by molar-refractivity contribution is -0.138. The van der Waals surface area contributed by atoms with E-state index in [9.17, 15) is 9.90 Å². The van der Waals surface area contributed by atoms with Crippen LogP contribution < -0.4 is 5.32 Å². The fourth-order valence-electron chi connectivity index (χ4n) is 1.69. The Hall–Kier alpha value is -0.610. The molecular formula is C11H22N2O2. The molecule has 1 heterocycles. The summed E-state index contributed by atoms with van der Waals surface area (Å²) in [6, 6.07) is 0.353. The van der Waals surface area contributed by atoms with Gasteiger partial charge < -0.3 is 15.3 Å². The predicted molar refractivity (Wildman–Crippen MR) is 59.6 cm³/mol. The minimum atomic E-state index is -0.878. The Balaban J connectivity index is 2.26. The van der Waals surface area contributed by atoms with E-state index in [-0.39, 0.29) is 5.91 Å². The second-order valence-corrected chi connectivity index (χ2v) is 4.27. The van der Waals surface area contributed by atoms with Gasteiger partial charge in [-0.3, -0.25) is 4.79 Å². The van der Waals surface area contributed by atoms with Crippen LogP contribution in [0.5, 0.6) is 0 Å². The Kier molecular flexibility index (Phi) is 5.05. The number of hydrogen-bond acceptors (Lipinski definition) is 3. The first-order chi connectivity index (χ1) is 7.15. The Morgan fingerprint density at radius 2 is 2.07 bits per heavy atom. The number of amides is 1. The molecule has 1 saturated heterocycles. The summed E-state index contributed by atoms with van der Waals surface area (Å²) in [5.41, 5.74) is 0. The highest BCUT2D eigenvalue weighted by Crippen LogP contribution is 2.08. The van der Waals surface area contributed by atoms with Gasteiger partial charge in [-0.05, 0) is 26.2 Å². The lowest BCUT2D eigenvalue weighted by atomic mass is 10.2. The summed E-state index contributed by atoms with van der Waals surface area (Å²) in [4.78, 5) is 13.4. The Morgan fingerprint density at radius 1 is 1.47 bits per heavy atom. The molecule has 4 nitrogen and oxygen atoms in total. The molecule has 1 rings (SSSR count). The topological polar surface area (TPSA) is 52.6 Å². The van der Waals surface area contributed by atoms with E-state index in [4.69, 9.17) is 0 Å². The fraction of sp³-hybridized carbons (Fsp3) is 0.909. The first-order valence-electron chi connectivity index (χ1n) is 5.85. The van der Waals surface area contributed by atoms with Gasteiger partial charge in [0.15, 0.2) is 0 Å². The summed E-state index contributed by atoms with van der Waals surface area (Å²) in [6.45, 7) is 6.10. The number of nitrogens with zero attached hydrogens (tertiary/aromatic N) is 1. The van der Waals surface area contributed by atoms with Gasteiger partial charge in [0.05, 0.1) is 0 Å². The third-order valence-electron chi connectivity index (χ3n) is 2.97. The molecule has 2 unspecified atom stereocenters. The SMILES string of the molecule is CCC(C)NCC(O)C(=O)N1CCCC1. The summed E-state index contributed by atoms with van der Waals surface area (Å²) in [5.74, 6) is -0.122. The van der Waals surface area contributed by atoms with E-state index < -0.39 is 6.10 Å². The van der Waals surface area contributed by atoms with Crippen LogP contribution in [-0.4, -0.2) is 47.7 Å². The van der Waals surface area contributed by atoms with Crippen molar-refractivity contribution in [2.75, 3.05) is 19.6 Å². The van der Waals surface area contributed by atoms with E-state index in [0.717, 1.165) is 32.4 Å². The molecule has 0 aromatic heterocycles. The smallest absolute Gasteiger partial charge is 0.252 e. The molecule has 0 aromatic rings. The third-order valence-corrected chi connectivity index (χ3v) is 2.97. The number of nitrogens with one attached hydrogen (secondary N) is 1. The van der Waals surface area contributed by atoms with Crippen molar-refractivity contribution in [3.8, 4) is 0 Å². The second kappa shape index (κ2) is 6.08. The van der Waals surface area contributed by atoms with E-state index in [1.807, 2.05) is 6.92 Å². The minimum absolute atomic E-state index is 0.122. The normalized spacial score (nSPS) is 20.3. The molecule has 88 valence electrons. The molecule has 4 heteroatoms. The number of aliphatic hydroxyl groups excluding tert-OH is 1. The standard InChI is InChI=1S/C11H22N2O2/c1-3-9(2)12-8-10(14)11(15)13-6-4-5-7-13/h9-10,12,14H,3-8H2,1-2H3. The van der Waals surface area contributed by atoms with Gasteiger partial charge in [0.25, 0.3) is 5.91 Å². The third kappa shape index (κ3) is 3.80. The molecule has 0 aliphatic carbocycles. The molecule has 1 fully saturated rings. The summed E-state index contributed by atoms with van der Waals surface area (Å²) in [6.07, 6.45) is 2.26. The van der Waals surface area contributed by atoms with Crippen molar-refractivity contribution in [2.45, 2.75) is 45.3 Å². The van der Waals surface area contributed by atoms with E-state index in [1.54, 1.807) is 4.90 Å². The molecule has 15 heavy (non-hydrogen) atoms. The van der Waals surface area contributed by atoms with Gasteiger partial charge in [0.1, 0.15) is 6.10 Å². The lowest BCUT2D eigenvalue weighted by Gasteiger charge is -2.21. The first-order valence-corrected chi connectivity index (χ1v) is 5.85. The molecule has 2 atom stereocenters. The minimum Gasteiger partial charge on any atom is -0.382 e. The van der Waals surface area contributed by atoms with Gasteiger partial charge in [0, 0.05) is 25.7 Å². The fourth-order valence-corrected chi connectivity index (χ4v) is 1.69. The number of hydrogen-bond donors (Lipinski definition) is 2. The highest BCUT2D eigenvalue weighted by molar-refractivity contribution is 5.81. The molecule has 0 radical (unpaired) electrons. The number of carbonyl (C=O) groups is 1. The number of aliphatic hydroxyl groups is 1. The molecule has 1 aliphatic rings. The molecule has 0 bridgehead atoms. The predicted octanol–water partition coefficient (Wildman–Crippen LogP) is 0.358. The first kappa shape index (κ1) is 12.5. The van der Waals surface area contributed by atoms with E-state index in [0.29, 0.717) is 12.6 Å². The summed E-state index contributed by atoms with van der Waals surface area (Å²) >= 11 is 0. The Labute approximate surface area is 91.6 Å². The van der Waals surface area contributed by atoms with Crippen LogP contribution in [0.15, 0.2) is 0 Å². The van der Waals surface area contributed by atoms with Crippen LogP contribution in [-0.2, 0) is 4.79 Å². The van der Waals surface area contributed by atoms with Gasteiger partial charge in [0.2, 0.25) is 0 Å². The second-order valence-electron chi connectivity index (χ2n) is 4.27. The molecule has 1 aliphatic heterocycles. The van der Waals surface area contributed by atoms with E-state index in [2.05, 4.69) is 12.2 Å². The molecule has 1 amide bonds. The van der Waals surface area contributed by atoms with Crippen molar-refractivity contribution in [3.63, 3.8) is 0 Å². The summed E-state index contributed by atoms with van der Waals surface area (Å²) < 4.78 is 0. The van der Waals surface area contributed by atoms with Gasteiger partial charge in [-0.15, -0.1) is 0 Å². The van der Waals surface area contributed by atoms with Crippen LogP contribution in [0, 0.1) is 0 Å². The Morgan fingerprint density at radius 3 is 2.60 bits per heavy atom. The van der Waals surface area contributed by atoms with Crippen LogP contribution in [0.2, 0.25) is 0 Å². The molecule has 0 aromatic carbocycles. The zero-order valence-corrected chi connectivity index (χ0v) is 9.70. The Bertz CT molecular complexity index is 203. The van der Waals surface area contributed by atoms with Gasteiger partial charge in [-0.25, -0.2) is 0 Å². The van der Waals surface area contributed by atoms with Crippen LogP contribution >= 0.6 is 0 Å². The average Bonchev–Trinajstić information content (AvgIpc) is 2.77. The zero-order chi connectivity index (χ0) is 11.3. The van der Waals surface area contributed by atoms with Crippen LogP contribution in [0.1, 0.15) is 33.1 Å². The molecule has 0 saturated carbocycles. The van der Waals surface area contributed by atoms with E-state index in [1.165, 1.54) is 0 Å². The summed E-state index contributed by atoms with van der Waals surface area (Å²) in [5, 5.41) is 12.8. The maximum Gasteiger partial charge on any atom is 0.252 e. The summed E-state index contributed by atoms with van der Waals surface area (Å²) in [7, 11) is 0.